The van der Waals surface area contributed by atoms with Gasteiger partial charge in [0.2, 0.25) is 5.91 Å². The minimum absolute atomic E-state index is 0.0471. The average molecular weight is 278 g/mol. The molecule has 1 aromatic rings. The van der Waals surface area contributed by atoms with Crippen molar-refractivity contribution in [1.82, 2.24) is 15.2 Å². The van der Waals surface area contributed by atoms with Gasteiger partial charge in [0.25, 0.3) is 0 Å². The van der Waals surface area contributed by atoms with Crippen LogP contribution in [0.4, 0.5) is 10.5 Å². The number of pyridine rings is 1. The molecule has 0 spiro atoms. The largest absolute Gasteiger partial charge is 0.476 e. The predicted molar refractivity (Wildman–Crippen MR) is 69.4 cm³/mol. The van der Waals surface area contributed by atoms with E-state index in [1.807, 2.05) is 0 Å². The number of nitrogens with zero attached hydrogens (tertiary/aromatic N) is 2. The minimum atomic E-state index is -1.23. The highest BCUT2D eigenvalue weighted by atomic mass is 16.4. The van der Waals surface area contributed by atoms with Crippen molar-refractivity contribution in [3.8, 4) is 0 Å². The minimum Gasteiger partial charge on any atom is -0.476 e. The lowest BCUT2D eigenvalue weighted by molar-refractivity contribution is -0.120. The van der Waals surface area contributed by atoms with Crippen LogP contribution in [0.25, 0.3) is 0 Å². The van der Waals surface area contributed by atoms with Gasteiger partial charge in [-0.3, -0.25) is 4.79 Å². The van der Waals surface area contributed by atoms with E-state index in [1.165, 1.54) is 23.2 Å². The lowest BCUT2D eigenvalue weighted by Crippen LogP contribution is -2.40. The van der Waals surface area contributed by atoms with Crippen LogP contribution in [0.3, 0.4) is 0 Å². The van der Waals surface area contributed by atoms with Crippen LogP contribution in [0, 0.1) is 0 Å². The van der Waals surface area contributed by atoms with Crippen LogP contribution in [-0.4, -0.2) is 52.5 Å². The van der Waals surface area contributed by atoms with E-state index in [0.29, 0.717) is 19.5 Å². The molecular weight excluding hydrogens is 264 g/mol. The molecule has 0 aromatic carbocycles. The first-order chi connectivity index (χ1) is 9.58. The van der Waals surface area contributed by atoms with Crippen molar-refractivity contribution >= 4 is 23.6 Å². The second-order valence-electron chi connectivity index (χ2n) is 4.26. The van der Waals surface area contributed by atoms with Crippen molar-refractivity contribution in [1.29, 1.82) is 0 Å². The van der Waals surface area contributed by atoms with E-state index in [9.17, 15) is 14.4 Å². The third-order valence-corrected chi connectivity index (χ3v) is 2.80. The smallest absolute Gasteiger partial charge is 0.356 e. The van der Waals surface area contributed by atoms with Crippen molar-refractivity contribution in [2.45, 2.75) is 6.42 Å². The first kappa shape index (κ1) is 13.8. The van der Waals surface area contributed by atoms with E-state index < -0.39 is 12.0 Å². The number of aromatic carboxylic acids is 1. The molecule has 0 radical (unpaired) electrons. The molecule has 0 bridgehead atoms. The summed E-state index contributed by atoms with van der Waals surface area (Å²) in [4.78, 5) is 39.5. The Morgan fingerprint density at radius 1 is 1.45 bits per heavy atom. The monoisotopic (exact) mass is 278 g/mol. The van der Waals surface area contributed by atoms with Gasteiger partial charge in [0.15, 0.2) is 5.69 Å². The number of anilines is 1. The highest BCUT2D eigenvalue weighted by Crippen LogP contribution is 2.13. The summed E-state index contributed by atoms with van der Waals surface area (Å²) in [5, 5.41) is 14.1. The molecule has 3 N–H and O–H groups in total. The topological polar surface area (TPSA) is 112 Å². The Kier molecular flexibility index (Phi) is 4.14. The number of rotatable bonds is 2. The molecule has 0 saturated carbocycles. The van der Waals surface area contributed by atoms with Crippen LogP contribution in [0.15, 0.2) is 18.3 Å². The highest BCUT2D eigenvalue weighted by Gasteiger charge is 2.21. The number of carboxylic acid groups (broad SMARTS) is 1. The fraction of sp³-hybridized carbons (Fsp3) is 0.333. The molecule has 0 unspecified atom stereocenters. The number of carboxylic acids is 1. The average Bonchev–Trinajstić information content (AvgIpc) is 2.64. The molecule has 3 amide bonds. The zero-order chi connectivity index (χ0) is 14.5. The first-order valence-electron chi connectivity index (χ1n) is 6.09. The number of nitrogens with one attached hydrogen (secondary N) is 2. The fourth-order valence-electron chi connectivity index (χ4n) is 1.85. The van der Waals surface area contributed by atoms with Crippen LogP contribution in [0.2, 0.25) is 0 Å². The molecule has 8 heteroatoms. The van der Waals surface area contributed by atoms with Gasteiger partial charge in [0.1, 0.15) is 6.54 Å². The van der Waals surface area contributed by atoms with E-state index in [1.54, 1.807) is 0 Å². The number of hydrogen-bond donors (Lipinski definition) is 3. The van der Waals surface area contributed by atoms with E-state index in [-0.39, 0.29) is 23.8 Å². The van der Waals surface area contributed by atoms with Crippen LogP contribution in [-0.2, 0) is 4.79 Å². The number of aromatic nitrogens is 1. The SMILES string of the molecule is O=C1CN(C(=O)Nc2cccnc2C(=O)O)CCCN1. The molecule has 106 valence electrons. The molecule has 2 rings (SSSR count). The van der Waals surface area contributed by atoms with E-state index in [0.717, 1.165) is 0 Å². The Balaban J connectivity index is 2.11. The van der Waals surface area contributed by atoms with E-state index >= 15 is 0 Å². The summed E-state index contributed by atoms with van der Waals surface area (Å²) < 4.78 is 0. The summed E-state index contributed by atoms with van der Waals surface area (Å²) in [7, 11) is 0. The van der Waals surface area contributed by atoms with Gasteiger partial charge in [-0.25, -0.2) is 14.6 Å². The van der Waals surface area contributed by atoms with Gasteiger partial charge in [-0.1, -0.05) is 0 Å². The van der Waals surface area contributed by atoms with Crippen molar-refractivity contribution < 1.29 is 19.5 Å². The van der Waals surface area contributed by atoms with Crippen molar-refractivity contribution in [3.05, 3.63) is 24.0 Å². The standard InChI is InChI=1S/C12H14N4O4/c17-9-7-16(6-2-5-13-9)12(20)15-8-3-1-4-14-10(8)11(18)19/h1,3-4H,2,5-7H2,(H,13,17)(H,15,20)(H,18,19). The Hall–Kier alpha value is -2.64. The number of amides is 3. The third-order valence-electron chi connectivity index (χ3n) is 2.80. The van der Waals surface area contributed by atoms with Crippen LogP contribution in [0.1, 0.15) is 16.9 Å². The summed E-state index contributed by atoms with van der Waals surface area (Å²) in [6.07, 6.45) is 1.98. The summed E-state index contributed by atoms with van der Waals surface area (Å²) in [6.45, 7) is 0.900. The molecule has 8 nitrogen and oxygen atoms in total. The van der Waals surface area contributed by atoms with Gasteiger partial charge in [-0.2, -0.15) is 0 Å². The molecule has 0 atom stereocenters. The lowest BCUT2D eigenvalue weighted by atomic mass is 10.3. The van der Waals surface area contributed by atoms with E-state index in [4.69, 9.17) is 5.11 Å². The maximum Gasteiger partial charge on any atom is 0.356 e. The van der Waals surface area contributed by atoms with Gasteiger partial charge >= 0.3 is 12.0 Å². The maximum atomic E-state index is 12.1. The zero-order valence-corrected chi connectivity index (χ0v) is 10.6. The molecule has 1 saturated heterocycles. The van der Waals surface area contributed by atoms with Crippen LogP contribution in [0.5, 0.6) is 0 Å². The van der Waals surface area contributed by atoms with Crippen molar-refractivity contribution in [2.75, 3.05) is 25.0 Å². The fourth-order valence-corrected chi connectivity index (χ4v) is 1.85. The quantitative estimate of drug-likeness (QED) is 0.712. The molecule has 0 aliphatic carbocycles. The molecule has 20 heavy (non-hydrogen) atoms. The maximum absolute atomic E-state index is 12.1. The van der Waals surface area contributed by atoms with Gasteiger partial charge in [0.05, 0.1) is 5.69 Å². The highest BCUT2D eigenvalue weighted by molar-refractivity contribution is 5.99. The van der Waals surface area contributed by atoms with Gasteiger partial charge in [-0.15, -0.1) is 0 Å². The van der Waals surface area contributed by atoms with Crippen molar-refractivity contribution in [3.63, 3.8) is 0 Å². The Morgan fingerprint density at radius 3 is 3.00 bits per heavy atom. The molecule has 1 aliphatic heterocycles. The third kappa shape index (κ3) is 3.22. The number of hydrogen-bond acceptors (Lipinski definition) is 4. The Labute approximate surface area is 114 Å². The summed E-state index contributed by atoms with van der Waals surface area (Å²) in [5.74, 6) is -1.46. The van der Waals surface area contributed by atoms with E-state index in [2.05, 4.69) is 15.6 Å². The molecule has 1 fully saturated rings. The number of carbonyl (C=O) groups excluding carboxylic acids is 2. The second kappa shape index (κ2) is 6.00. The molecular formula is C12H14N4O4. The number of carbonyl (C=O) groups is 3. The van der Waals surface area contributed by atoms with Crippen LogP contribution >= 0.6 is 0 Å². The summed E-state index contributed by atoms with van der Waals surface area (Å²) in [6, 6.07) is 2.46. The van der Waals surface area contributed by atoms with Gasteiger partial charge < -0.3 is 20.6 Å². The van der Waals surface area contributed by atoms with Gasteiger partial charge in [0, 0.05) is 19.3 Å². The summed E-state index contributed by atoms with van der Waals surface area (Å²) >= 11 is 0. The Bertz CT molecular complexity index is 546. The molecule has 2 heterocycles. The van der Waals surface area contributed by atoms with Gasteiger partial charge in [-0.05, 0) is 18.6 Å². The normalized spacial score (nSPS) is 15.2. The first-order valence-corrected chi connectivity index (χ1v) is 6.09. The van der Waals surface area contributed by atoms with Crippen LogP contribution < -0.4 is 10.6 Å². The molecule has 1 aromatic heterocycles. The molecule has 1 aliphatic rings. The predicted octanol–water partition coefficient (Wildman–Crippen LogP) is 0.134. The zero-order valence-electron chi connectivity index (χ0n) is 10.6. The second-order valence-corrected chi connectivity index (χ2v) is 4.26. The lowest BCUT2D eigenvalue weighted by Gasteiger charge is -2.19. The Morgan fingerprint density at radius 2 is 2.25 bits per heavy atom. The summed E-state index contributed by atoms with van der Waals surface area (Å²) in [5.41, 5.74) is -0.130. The number of urea groups is 1. The van der Waals surface area contributed by atoms with Crippen molar-refractivity contribution in [2.24, 2.45) is 0 Å².